The smallest absolute Gasteiger partial charge is 0.262 e. The van der Waals surface area contributed by atoms with E-state index in [4.69, 9.17) is 37.4 Å². The van der Waals surface area contributed by atoms with E-state index in [2.05, 4.69) is 55.6 Å². The Hall–Kier alpha value is -2.56. The van der Waals surface area contributed by atoms with Crippen molar-refractivity contribution in [2.24, 2.45) is 10.8 Å². The summed E-state index contributed by atoms with van der Waals surface area (Å²) < 4.78 is 19.1. The van der Waals surface area contributed by atoms with Crippen LogP contribution in [-0.2, 0) is 19.1 Å². The third-order valence-electron chi connectivity index (χ3n) is 7.80. The molecular weight excluding hydrogens is 704 g/mol. The molecule has 7 nitrogen and oxygen atoms in total. The summed E-state index contributed by atoms with van der Waals surface area (Å²) in [5.41, 5.74) is 1.87. The van der Waals surface area contributed by atoms with Gasteiger partial charge in [0, 0.05) is 48.4 Å². The predicted molar refractivity (Wildman–Crippen MR) is 175 cm³/mol. The maximum Gasteiger partial charge on any atom is 0.262 e. The van der Waals surface area contributed by atoms with Crippen molar-refractivity contribution in [3.8, 4) is 11.5 Å². The van der Waals surface area contributed by atoms with E-state index in [1.165, 1.54) is 0 Å². The number of carbonyl (C=O) groups excluding carboxylic acids is 3. The Morgan fingerprint density at radius 2 is 1.53 bits per heavy atom. The SMILES string of the molecule is CCOc1cc(C2C3=C(CC(C)(C)CC3=O)OC3=C2C(=O)CC(C)(C)C3)cc(I)c1OCC(=O)Nc1ccc(Cl)c(Cl)c1. The van der Waals surface area contributed by atoms with Gasteiger partial charge in [-0.2, -0.15) is 0 Å². The lowest BCUT2D eigenvalue weighted by Gasteiger charge is -2.42. The molecule has 2 aliphatic carbocycles. The van der Waals surface area contributed by atoms with Crippen molar-refractivity contribution < 1.29 is 28.6 Å². The van der Waals surface area contributed by atoms with Gasteiger partial charge in [0.25, 0.3) is 5.91 Å². The zero-order valence-electron chi connectivity index (χ0n) is 24.8. The number of hydrogen-bond donors (Lipinski definition) is 1. The molecule has 0 saturated carbocycles. The molecule has 0 radical (unpaired) electrons. The molecule has 0 saturated heterocycles. The molecule has 0 spiro atoms. The lowest BCUT2D eigenvalue weighted by Crippen LogP contribution is -2.37. The minimum absolute atomic E-state index is 0.00676. The first-order chi connectivity index (χ1) is 20.2. The van der Waals surface area contributed by atoms with Crippen molar-refractivity contribution in [3.63, 3.8) is 0 Å². The Labute approximate surface area is 275 Å². The van der Waals surface area contributed by atoms with E-state index in [0.717, 1.165) is 5.56 Å². The predicted octanol–water partition coefficient (Wildman–Crippen LogP) is 8.41. The van der Waals surface area contributed by atoms with Gasteiger partial charge < -0.3 is 19.5 Å². The normalized spacial score (nSPS) is 19.4. The standard InChI is InChI=1S/C33H34Cl2INO6/c1-6-41-24-10-17(9-21(36)31(24)42-16-27(40)37-18-7-8-19(34)20(35)11-18)28-29-22(38)12-32(2,3)14-25(29)43-26-15-33(4,5)13-23(39)30(26)28/h7-11,28H,6,12-16H2,1-5H3,(H,37,40). The molecule has 10 heteroatoms. The number of rotatable bonds is 7. The number of carbonyl (C=O) groups is 3. The van der Waals surface area contributed by atoms with E-state index in [-0.39, 0.29) is 34.9 Å². The fourth-order valence-electron chi connectivity index (χ4n) is 6.07. The Bertz CT molecular complexity index is 1540. The number of amides is 1. The van der Waals surface area contributed by atoms with Crippen LogP contribution in [0.25, 0.3) is 0 Å². The van der Waals surface area contributed by atoms with Crippen LogP contribution < -0.4 is 14.8 Å². The molecule has 2 aromatic carbocycles. The summed E-state index contributed by atoms with van der Waals surface area (Å²) in [6, 6.07) is 8.54. The number of ether oxygens (including phenoxy) is 3. The summed E-state index contributed by atoms with van der Waals surface area (Å²) in [5.74, 6) is 1.17. The number of benzene rings is 2. The Kier molecular flexibility index (Phi) is 8.95. The molecule has 0 atom stereocenters. The van der Waals surface area contributed by atoms with Crippen LogP contribution in [0, 0.1) is 14.4 Å². The van der Waals surface area contributed by atoms with Crippen molar-refractivity contribution in [1.29, 1.82) is 0 Å². The molecule has 0 fully saturated rings. The quantitative estimate of drug-likeness (QED) is 0.287. The third kappa shape index (κ3) is 6.76. The number of Topliss-reactive ketones (excluding diaryl/α,β-unsaturated/α-hetero) is 2. The molecule has 1 N–H and O–H groups in total. The molecule has 0 bridgehead atoms. The van der Waals surface area contributed by atoms with Crippen molar-refractivity contribution in [2.75, 3.05) is 18.5 Å². The highest BCUT2D eigenvalue weighted by Gasteiger charge is 2.48. The highest BCUT2D eigenvalue weighted by molar-refractivity contribution is 14.1. The maximum atomic E-state index is 13.7. The molecule has 1 amide bonds. The van der Waals surface area contributed by atoms with Crippen LogP contribution in [0.1, 0.15) is 71.8 Å². The lowest BCUT2D eigenvalue weighted by atomic mass is 9.65. The first-order valence-electron chi connectivity index (χ1n) is 14.2. The molecule has 0 unspecified atom stereocenters. The summed E-state index contributed by atoms with van der Waals surface area (Å²) >= 11 is 14.2. The van der Waals surface area contributed by atoms with E-state index >= 15 is 0 Å². The molecule has 43 heavy (non-hydrogen) atoms. The Balaban J connectivity index is 1.51. The summed E-state index contributed by atoms with van der Waals surface area (Å²) in [4.78, 5) is 40.1. The maximum absolute atomic E-state index is 13.7. The van der Waals surface area contributed by atoms with Crippen molar-refractivity contribution in [1.82, 2.24) is 0 Å². The molecule has 3 aliphatic rings. The van der Waals surface area contributed by atoms with Crippen LogP contribution in [0.5, 0.6) is 11.5 Å². The van der Waals surface area contributed by atoms with Crippen LogP contribution in [0.3, 0.4) is 0 Å². The highest BCUT2D eigenvalue weighted by Crippen LogP contribution is 2.54. The van der Waals surface area contributed by atoms with Gasteiger partial charge in [0.15, 0.2) is 29.7 Å². The lowest BCUT2D eigenvalue weighted by molar-refractivity contribution is -0.120. The van der Waals surface area contributed by atoms with Crippen LogP contribution in [0.15, 0.2) is 53.0 Å². The molecule has 2 aromatic rings. The van der Waals surface area contributed by atoms with Gasteiger partial charge in [0.2, 0.25) is 0 Å². The number of ketones is 2. The summed E-state index contributed by atoms with van der Waals surface area (Å²) in [6.07, 6.45) is 1.97. The zero-order chi connectivity index (χ0) is 31.3. The van der Waals surface area contributed by atoms with Gasteiger partial charge >= 0.3 is 0 Å². The third-order valence-corrected chi connectivity index (χ3v) is 9.34. The second kappa shape index (κ2) is 12.1. The molecule has 228 valence electrons. The van der Waals surface area contributed by atoms with Gasteiger partial charge in [-0.1, -0.05) is 50.9 Å². The molecule has 0 aromatic heterocycles. The Morgan fingerprint density at radius 3 is 2.09 bits per heavy atom. The summed E-state index contributed by atoms with van der Waals surface area (Å²) in [7, 11) is 0. The van der Waals surface area contributed by atoms with Crippen molar-refractivity contribution >= 4 is 69.0 Å². The van der Waals surface area contributed by atoms with Crippen LogP contribution in [0.4, 0.5) is 5.69 Å². The van der Waals surface area contributed by atoms with Gasteiger partial charge in [0.1, 0.15) is 11.5 Å². The fourth-order valence-corrected chi connectivity index (χ4v) is 7.15. The van der Waals surface area contributed by atoms with Crippen molar-refractivity contribution in [3.05, 3.63) is 72.2 Å². The van der Waals surface area contributed by atoms with Gasteiger partial charge in [0.05, 0.1) is 20.2 Å². The van der Waals surface area contributed by atoms with Crippen LogP contribution >= 0.6 is 45.8 Å². The van der Waals surface area contributed by atoms with Gasteiger partial charge in [-0.05, 0) is 76.2 Å². The second-order valence-corrected chi connectivity index (χ2v) is 14.8. The first-order valence-corrected chi connectivity index (χ1v) is 16.1. The van der Waals surface area contributed by atoms with Crippen molar-refractivity contribution in [2.45, 2.75) is 66.2 Å². The fraction of sp³-hybridized carbons (Fsp3) is 0.424. The zero-order valence-corrected chi connectivity index (χ0v) is 28.5. The summed E-state index contributed by atoms with van der Waals surface area (Å²) in [6.45, 7) is 10.2. The van der Waals surface area contributed by atoms with E-state index in [0.29, 0.717) is 85.8 Å². The average Bonchev–Trinajstić information content (AvgIpc) is 2.87. The molecular formula is C33H34Cl2INO6. The topological polar surface area (TPSA) is 90.9 Å². The Morgan fingerprint density at radius 1 is 0.930 bits per heavy atom. The van der Waals surface area contributed by atoms with E-state index in [1.807, 2.05) is 19.1 Å². The summed E-state index contributed by atoms with van der Waals surface area (Å²) in [5, 5.41) is 3.46. The monoisotopic (exact) mass is 737 g/mol. The van der Waals surface area contributed by atoms with Gasteiger partial charge in [-0.15, -0.1) is 0 Å². The molecule has 1 aliphatic heterocycles. The average molecular weight is 738 g/mol. The number of halogens is 3. The molecule has 5 rings (SSSR count). The second-order valence-electron chi connectivity index (χ2n) is 12.8. The number of hydrogen-bond acceptors (Lipinski definition) is 6. The van der Waals surface area contributed by atoms with Gasteiger partial charge in [-0.25, -0.2) is 0 Å². The minimum Gasteiger partial charge on any atom is -0.490 e. The first kappa shape index (κ1) is 31.9. The van der Waals surface area contributed by atoms with Crippen LogP contribution in [-0.4, -0.2) is 30.7 Å². The van der Waals surface area contributed by atoms with E-state index in [9.17, 15) is 14.4 Å². The van der Waals surface area contributed by atoms with E-state index in [1.54, 1.807) is 18.2 Å². The largest absolute Gasteiger partial charge is 0.490 e. The van der Waals surface area contributed by atoms with Crippen LogP contribution in [0.2, 0.25) is 10.0 Å². The molecule has 1 heterocycles. The number of nitrogens with one attached hydrogen (secondary N) is 1. The van der Waals surface area contributed by atoms with E-state index < -0.39 is 5.92 Å². The minimum atomic E-state index is -0.564. The number of allylic oxidation sites excluding steroid dienone is 4. The van der Waals surface area contributed by atoms with Gasteiger partial charge in [-0.3, -0.25) is 14.4 Å². The number of anilines is 1. The highest BCUT2D eigenvalue weighted by atomic mass is 127.